The number of aliphatic hydroxyl groups is 4. The molecule has 1 fully saturated rings. The van der Waals surface area contributed by atoms with E-state index in [1.807, 2.05) is 0 Å². The highest BCUT2D eigenvalue weighted by Crippen LogP contribution is 2.43. The lowest BCUT2D eigenvalue weighted by atomic mass is 9.80. The molecule has 49 heavy (non-hydrogen) atoms. The van der Waals surface area contributed by atoms with Crippen LogP contribution in [0.25, 0.3) is 5.57 Å². The van der Waals surface area contributed by atoms with Crippen molar-refractivity contribution in [1.82, 2.24) is 0 Å². The molecular formula is C36H33NO12. The van der Waals surface area contributed by atoms with Crippen LogP contribution in [-0.2, 0) is 4.74 Å². The molecule has 1 saturated heterocycles. The highest BCUT2D eigenvalue weighted by molar-refractivity contribution is 6.40. The Balaban J connectivity index is 1.29. The molecule has 0 bridgehead atoms. The summed E-state index contributed by atoms with van der Waals surface area (Å²) < 4.78 is 22.1. The number of fused-ring (bicyclic) bond motifs is 2. The number of allylic oxidation sites excluding steroid dienone is 4. The largest absolute Gasteiger partial charge is 0.496 e. The molecule has 13 nitrogen and oxygen atoms in total. The summed E-state index contributed by atoms with van der Waals surface area (Å²) in [6.07, 6.45) is -4.93. The summed E-state index contributed by atoms with van der Waals surface area (Å²) in [4.78, 5) is 54.5. The second kappa shape index (κ2) is 13.0. The van der Waals surface area contributed by atoms with E-state index in [1.54, 1.807) is 26.0 Å². The van der Waals surface area contributed by atoms with Crippen molar-refractivity contribution in [2.24, 2.45) is 0 Å². The molecule has 3 aromatic rings. The van der Waals surface area contributed by atoms with Crippen molar-refractivity contribution in [3.8, 4) is 17.2 Å². The Hall–Kier alpha value is -5.18. The average molecular weight is 672 g/mol. The van der Waals surface area contributed by atoms with E-state index >= 15 is 0 Å². The molecule has 5 atom stereocenters. The first kappa shape index (κ1) is 33.7. The maximum atomic E-state index is 14.0. The molecule has 0 radical (unpaired) electrons. The summed E-state index contributed by atoms with van der Waals surface area (Å²) in [6.45, 7) is 2.82. The summed E-state index contributed by atoms with van der Waals surface area (Å²) in [7, 11) is 2.71. The van der Waals surface area contributed by atoms with Gasteiger partial charge in [0.05, 0.1) is 37.7 Å². The van der Waals surface area contributed by atoms with Crippen LogP contribution in [0.4, 0.5) is 5.69 Å². The normalized spacial score (nSPS) is 23.3. The van der Waals surface area contributed by atoms with Crippen LogP contribution in [0.15, 0.2) is 60.3 Å². The number of rotatable bonds is 8. The van der Waals surface area contributed by atoms with E-state index in [9.17, 15) is 39.6 Å². The predicted molar refractivity (Wildman–Crippen MR) is 173 cm³/mol. The SMILES string of the molecule is COc1cc(C)cc2c1C(=O)C(c1c(C)cc3c(c1OC)C(=O)C(Nc1ccc(O[C@@H]4O[C@H](CO)[C@H](O)[C@H](O)[C@H]4O)cc1)=CC3=O)=CC2=O. The van der Waals surface area contributed by atoms with Crippen LogP contribution in [0.5, 0.6) is 17.2 Å². The average Bonchev–Trinajstić information content (AvgIpc) is 3.08. The zero-order valence-electron chi connectivity index (χ0n) is 26.8. The van der Waals surface area contributed by atoms with E-state index in [4.69, 9.17) is 18.9 Å². The molecule has 0 spiro atoms. The number of aryl methyl sites for hydroxylation is 2. The maximum absolute atomic E-state index is 14.0. The second-order valence-corrected chi connectivity index (χ2v) is 11.9. The minimum absolute atomic E-state index is 0.00361. The Morgan fingerprint density at radius 1 is 0.776 bits per heavy atom. The Labute approximate surface area is 280 Å². The van der Waals surface area contributed by atoms with E-state index in [0.29, 0.717) is 11.3 Å². The van der Waals surface area contributed by atoms with Crippen LogP contribution >= 0.6 is 0 Å². The van der Waals surface area contributed by atoms with Crippen molar-refractivity contribution in [3.05, 3.63) is 99.3 Å². The van der Waals surface area contributed by atoms with Crippen LogP contribution in [0.2, 0.25) is 0 Å². The van der Waals surface area contributed by atoms with Gasteiger partial charge in [0.25, 0.3) is 0 Å². The highest BCUT2D eigenvalue weighted by Gasteiger charge is 2.45. The lowest BCUT2D eigenvalue weighted by molar-refractivity contribution is -0.277. The Morgan fingerprint density at radius 2 is 1.45 bits per heavy atom. The number of carbonyl (C=O) groups excluding carboxylic acids is 4. The van der Waals surface area contributed by atoms with Crippen molar-refractivity contribution >= 4 is 34.4 Å². The van der Waals surface area contributed by atoms with Gasteiger partial charge in [-0.15, -0.1) is 0 Å². The van der Waals surface area contributed by atoms with E-state index in [0.717, 1.165) is 11.6 Å². The number of nitrogens with one attached hydrogen (secondary N) is 1. The maximum Gasteiger partial charge on any atom is 0.229 e. The summed E-state index contributed by atoms with van der Waals surface area (Å²) in [6, 6.07) is 10.8. The van der Waals surface area contributed by atoms with Crippen molar-refractivity contribution in [2.75, 3.05) is 26.1 Å². The zero-order chi connectivity index (χ0) is 35.3. The molecule has 1 aliphatic heterocycles. The van der Waals surface area contributed by atoms with Gasteiger partial charge in [-0.2, -0.15) is 0 Å². The number of hydrogen-bond donors (Lipinski definition) is 5. The van der Waals surface area contributed by atoms with Gasteiger partial charge in [-0.25, -0.2) is 0 Å². The molecule has 0 aromatic heterocycles. The van der Waals surface area contributed by atoms with Crippen LogP contribution < -0.4 is 19.5 Å². The molecule has 13 heteroatoms. The molecule has 0 amide bonds. The topological polar surface area (TPSA) is 198 Å². The van der Waals surface area contributed by atoms with Crippen molar-refractivity contribution in [2.45, 2.75) is 44.6 Å². The fourth-order valence-corrected chi connectivity index (χ4v) is 6.26. The van der Waals surface area contributed by atoms with Gasteiger partial charge in [0.15, 0.2) is 17.3 Å². The number of aliphatic hydroxyl groups excluding tert-OH is 4. The third-order valence-electron chi connectivity index (χ3n) is 8.68. The van der Waals surface area contributed by atoms with Crippen molar-refractivity contribution in [3.63, 3.8) is 0 Å². The van der Waals surface area contributed by atoms with Gasteiger partial charge in [0, 0.05) is 34.0 Å². The number of hydrogen-bond acceptors (Lipinski definition) is 13. The van der Waals surface area contributed by atoms with Crippen LogP contribution in [0, 0.1) is 13.8 Å². The fourth-order valence-electron chi connectivity index (χ4n) is 6.26. The standard InChI is InChI=1S/C36H33NO12/c1-15-9-19-23(39)12-21(30(41)28(19)25(10-15)46-3)27-16(2)11-20-24(40)13-22(31(42)29(20)35(27)47-4)37-17-5-7-18(8-6-17)48-36-34(45)33(44)32(43)26(14-38)49-36/h5-13,26,32-34,36-38,43-45H,14H2,1-4H3/t26-,32+,33+,34-,36-/m1/s1. The van der Waals surface area contributed by atoms with Crippen molar-refractivity contribution < 1.29 is 58.6 Å². The first-order chi connectivity index (χ1) is 23.4. The lowest BCUT2D eigenvalue weighted by Crippen LogP contribution is -2.60. The molecule has 254 valence electrons. The molecule has 6 rings (SSSR count). The van der Waals surface area contributed by atoms with Gasteiger partial charge in [0.2, 0.25) is 12.1 Å². The molecular weight excluding hydrogens is 638 g/mol. The Morgan fingerprint density at radius 3 is 2.10 bits per heavy atom. The number of ketones is 4. The Kier molecular flexibility index (Phi) is 8.96. The summed E-state index contributed by atoms with van der Waals surface area (Å²) >= 11 is 0. The summed E-state index contributed by atoms with van der Waals surface area (Å²) in [5, 5.41) is 42.6. The molecule has 0 saturated carbocycles. The summed E-state index contributed by atoms with van der Waals surface area (Å²) in [5.41, 5.74) is 1.95. The third kappa shape index (κ3) is 5.81. The van der Waals surface area contributed by atoms with Gasteiger partial charge < -0.3 is 44.7 Å². The number of benzene rings is 3. The van der Waals surface area contributed by atoms with Gasteiger partial charge in [-0.05, 0) is 73.5 Å². The molecule has 3 aliphatic rings. The quantitative estimate of drug-likeness (QED) is 0.234. The minimum Gasteiger partial charge on any atom is -0.496 e. The molecule has 0 unspecified atom stereocenters. The third-order valence-corrected chi connectivity index (χ3v) is 8.68. The van der Waals surface area contributed by atoms with E-state index in [1.165, 1.54) is 50.6 Å². The number of Topliss-reactive ketones (excluding diaryl/α,β-unsaturated/α-hetero) is 2. The minimum atomic E-state index is -1.61. The smallest absolute Gasteiger partial charge is 0.229 e. The second-order valence-electron chi connectivity index (χ2n) is 11.9. The first-order valence-electron chi connectivity index (χ1n) is 15.2. The van der Waals surface area contributed by atoms with E-state index in [-0.39, 0.29) is 56.3 Å². The molecule has 3 aromatic carbocycles. The first-order valence-corrected chi connectivity index (χ1v) is 15.2. The van der Waals surface area contributed by atoms with Gasteiger partial charge >= 0.3 is 0 Å². The van der Waals surface area contributed by atoms with Gasteiger partial charge in [-0.1, -0.05) is 0 Å². The highest BCUT2D eigenvalue weighted by atomic mass is 16.7. The van der Waals surface area contributed by atoms with Crippen molar-refractivity contribution in [1.29, 1.82) is 0 Å². The van der Waals surface area contributed by atoms with Gasteiger partial charge in [-0.3, -0.25) is 19.2 Å². The lowest BCUT2D eigenvalue weighted by Gasteiger charge is -2.39. The van der Waals surface area contributed by atoms with Crippen LogP contribution in [-0.4, -0.2) is 95.1 Å². The van der Waals surface area contributed by atoms with E-state index in [2.05, 4.69) is 5.32 Å². The number of ether oxygens (including phenoxy) is 4. The molecule has 1 heterocycles. The fraction of sp³-hybridized carbons (Fsp3) is 0.278. The van der Waals surface area contributed by atoms with Crippen LogP contribution in [0.3, 0.4) is 0 Å². The predicted octanol–water partition coefficient (Wildman–Crippen LogP) is 2.34. The number of methoxy groups -OCH3 is 2. The molecule has 5 N–H and O–H groups in total. The summed E-state index contributed by atoms with van der Waals surface area (Å²) in [5.74, 6) is -1.62. The molecule has 2 aliphatic carbocycles. The number of carbonyl (C=O) groups is 4. The monoisotopic (exact) mass is 671 g/mol. The van der Waals surface area contributed by atoms with Gasteiger partial charge in [0.1, 0.15) is 41.7 Å². The van der Waals surface area contributed by atoms with E-state index < -0.39 is 60.4 Å². The van der Waals surface area contributed by atoms with Crippen LogP contribution in [0.1, 0.15) is 58.1 Å². The number of anilines is 1. The Bertz CT molecular complexity index is 1960. The zero-order valence-corrected chi connectivity index (χ0v) is 26.8.